The number of rotatable bonds is 7. The molecule has 0 aliphatic heterocycles. The lowest BCUT2D eigenvalue weighted by molar-refractivity contribution is -0.385. The molecule has 2 aromatic rings. The summed E-state index contributed by atoms with van der Waals surface area (Å²) >= 11 is 1.70. The van der Waals surface area contributed by atoms with E-state index in [0.29, 0.717) is 6.42 Å². The van der Waals surface area contributed by atoms with Gasteiger partial charge < -0.3 is 5.32 Å². The molecule has 2 rings (SSSR count). The molecule has 0 bridgehead atoms. The van der Waals surface area contributed by atoms with E-state index in [1.807, 2.05) is 12.1 Å². The molecular weight excluding hydrogens is 260 g/mol. The van der Waals surface area contributed by atoms with Crippen molar-refractivity contribution in [1.82, 2.24) is 5.32 Å². The van der Waals surface area contributed by atoms with Gasteiger partial charge >= 0.3 is 0 Å². The molecule has 0 saturated heterocycles. The largest absolute Gasteiger partial charge is 0.316 e. The Balaban J connectivity index is 1.75. The Bertz CT molecular complexity index is 526. The standard InChI is InChI=1S/C14H16N2O2S/c17-16(18)14-4-2-1-3-13(14)6-9-15-8-5-12-7-10-19-11-12/h1-4,7,10-11,15H,5-6,8-9H2. The first-order valence-electron chi connectivity index (χ1n) is 6.21. The fourth-order valence-corrected chi connectivity index (χ4v) is 2.62. The first kappa shape index (κ1) is 13.7. The molecule has 19 heavy (non-hydrogen) atoms. The first-order chi connectivity index (χ1) is 9.27. The van der Waals surface area contributed by atoms with Gasteiger partial charge in [-0.2, -0.15) is 11.3 Å². The second kappa shape index (κ2) is 7.01. The van der Waals surface area contributed by atoms with Crippen molar-refractivity contribution in [2.75, 3.05) is 13.1 Å². The lowest BCUT2D eigenvalue weighted by Crippen LogP contribution is -2.20. The summed E-state index contributed by atoms with van der Waals surface area (Å²) in [6.45, 7) is 1.66. The Morgan fingerprint density at radius 1 is 1.16 bits per heavy atom. The lowest BCUT2D eigenvalue weighted by Gasteiger charge is -2.05. The highest BCUT2D eigenvalue weighted by Gasteiger charge is 2.11. The van der Waals surface area contributed by atoms with Crippen LogP contribution in [0.25, 0.3) is 0 Å². The van der Waals surface area contributed by atoms with Gasteiger partial charge in [0.15, 0.2) is 0 Å². The molecule has 0 aliphatic rings. The molecule has 0 unspecified atom stereocenters. The Labute approximate surface area is 116 Å². The fourth-order valence-electron chi connectivity index (χ4n) is 1.92. The number of thiophene rings is 1. The molecule has 1 N–H and O–H groups in total. The van der Waals surface area contributed by atoms with Crippen molar-refractivity contribution in [3.8, 4) is 0 Å². The van der Waals surface area contributed by atoms with Crippen LogP contribution < -0.4 is 5.32 Å². The van der Waals surface area contributed by atoms with Crippen LogP contribution in [0.5, 0.6) is 0 Å². The van der Waals surface area contributed by atoms with Gasteiger partial charge in [0.25, 0.3) is 5.69 Å². The molecule has 0 atom stereocenters. The predicted octanol–water partition coefficient (Wildman–Crippen LogP) is 3.03. The highest BCUT2D eigenvalue weighted by Crippen LogP contribution is 2.17. The maximum atomic E-state index is 10.9. The molecule has 1 aromatic carbocycles. The summed E-state index contributed by atoms with van der Waals surface area (Å²) in [6.07, 6.45) is 1.68. The SMILES string of the molecule is O=[N+]([O-])c1ccccc1CCNCCc1ccsc1. The minimum Gasteiger partial charge on any atom is -0.316 e. The average molecular weight is 276 g/mol. The zero-order valence-corrected chi connectivity index (χ0v) is 11.4. The number of hydrogen-bond donors (Lipinski definition) is 1. The number of nitrogens with zero attached hydrogens (tertiary/aromatic N) is 1. The van der Waals surface area contributed by atoms with Crippen molar-refractivity contribution in [2.24, 2.45) is 0 Å². The molecule has 0 spiro atoms. The van der Waals surface area contributed by atoms with Gasteiger partial charge in [-0.05, 0) is 48.3 Å². The van der Waals surface area contributed by atoms with E-state index in [1.165, 1.54) is 5.56 Å². The molecule has 0 fully saturated rings. The van der Waals surface area contributed by atoms with Crippen molar-refractivity contribution in [1.29, 1.82) is 0 Å². The van der Waals surface area contributed by atoms with Crippen LogP contribution in [0.4, 0.5) is 5.69 Å². The summed E-state index contributed by atoms with van der Waals surface area (Å²) in [5.41, 5.74) is 2.33. The summed E-state index contributed by atoms with van der Waals surface area (Å²) in [4.78, 5) is 10.5. The normalized spacial score (nSPS) is 10.5. The van der Waals surface area contributed by atoms with E-state index in [2.05, 4.69) is 22.1 Å². The molecule has 1 heterocycles. The molecule has 0 aliphatic carbocycles. The van der Waals surface area contributed by atoms with Crippen molar-refractivity contribution in [3.05, 3.63) is 62.3 Å². The number of nitrogens with one attached hydrogen (secondary N) is 1. The van der Waals surface area contributed by atoms with E-state index < -0.39 is 0 Å². The van der Waals surface area contributed by atoms with Gasteiger partial charge in [-0.25, -0.2) is 0 Å². The highest BCUT2D eigenvalue weighted by molar-refractivity contribution is 7.07. The third-order valence-electron chi connectivity index (χ3n) is 2.93. The topological polar surface area (TPSA) is 55.2 Å². The molecule has 4 nitrogen and oxygen atoms in total. The smallest absolute Gasteiger partial charge is 0.272 e. The van der Waals surface area contributed by atoms with Gasteiger partial charge in [0, 0.05) is 11.6 Å². The van der Waals surface area contributed by atoms with Gasteiger partial charge in [-0.1, -0.05) is 18.2 Å². The molecule has 0 saturated carbocycles. The number of para-hydroxylation sites is 1. The summed E-state index contributed by atoms with van der Waals surface area (Å²) in [6, 6.07) is 9.03. The fraction of sp³-hybridized carbons (Fsp3) is 0.286. The molecule has 1 aromatic heterocycles. The maximum absolute atomic E-state index is 10.9. The zero-order valence-electron chi connectivity index (χ0n) is 10.5. The summed E-state index contributed by atoms with van der Waals surface area (Å²) in [5.74, 6) is 0. The molecule has 0 radical (unpaired) electrons. The summed E-state index contributed by atoms with van der Waals surface area (Å²) in [7, 11) is 0. The van der Waals surface area contributed by atoms with Gasteiger partial charge in [0.05, 0.1) is 4.92 Å². The van der Waals surface area contributed by atoms with Crippen LogP contribution in [-0.2, 0) is 12.8 Å². The Hall–Kier alpha value is -1.72. The third-order valence-corrected chi connectivity index (χ3v) is 3.66. The quantitative estimate of drug-likeness (QED) is 0.480. The molecule has 5 heteroatoms. The predicted molar refractivity (Wildman–Crippen MR) is 77.7 cm³/mol. The van der Waals surface area contributed by atoms with Crippen LogP contribution in [-0.4, -0.2) is 18.0 Å². The van der Waals surface area contributed by atoms with E-state index in [4.69, 9.17) is 0 Å². The van der Waals surface area contributed by atoms with E-state index in [1.54, 1.807) is 23.5 Å². The van der Waals surface area contributed by atoms with Crippen LogP contribution >= 0.6 is 11.3 Å². The minimum atomic E-state index is -0.319. The Morgan fingerprint density at radius 2 is 1.95 bits per heavy atom. The van der Waals surface area contributed by atoms with E-state index in [0.717, 1.165) is 25.1 Å². The van der Waals surface area contributed by atoms with Crippen LogP contribution in [0.1, 0.15) is 11.1 Å². The van der Waals surface area contributed by atoms with E-state index in [9.17, 15) is 10.1 Å². The summed E-state index contributed by atoms with van der Waals surface area (Å²) < 4.78 is 0. The van der Waals surface area contributed by atoms with Crippen molar-refractivity contribution in [3.63, 3.8) is 0 Å². The molecule has 0 amide bonds. The van der Waals surface area contributed by atoms with Gasteiger partial charge in [-0.15, -0.1) is 0 Å². The summed E-state index contributed by atoms with van der Waals surface area (Å²) in [5, 5.41) is 18.4. The third kappa shape index (κ3) is 4.15. The Morgan fingerprint density at radius 3 is 2.68 bits per heavy atom. The minimum absolute atomic E-state index is 0.210. The van der Waals surface area contributed by atoms with Crippen molar-refractivity contribution in [2.45, 2.75) is 12.8 Å². The van der Waals surface area contributed by atoms with Crippen LogP contribution in [0, 0.1) is 10.1 Å². The first-order valence-corrected chi connectivity index (χ1v) is 7.16. The van der Waals surface area contributed by atoms with Gasteiger partial charge in [-0.3, -0.25) is 10.1 Å². The number of hydrogen-bond acceptors (Lipinski definition) is 4. The van der Waals surface area contributed by atoms with Crippen LogP contribution in [0.3, 0.4) is 0 Å². The van der Waals surface area contributed by atoms with Crippen molar-refractivity contribution >= 4 is 17.0 Å². The number of nitro groups is 1. The van der Waals surface area contributed by atoms with Crippen LogP contribution in [0.2, 0.25) is 0 Å². The van der Waals surface area contributed by atoms with E-state index >= 15 is 0 Å². The zero-order chi connectivity index (χ0) is 13.5. The monoisotopic (exact) mass is 276 g/mol. The van der Waals surface area contributed by atoms with Crippen LogP contribution in [0.15, 0.2) is 41.1 Å². The molecular formula is C14H16N2O2S. The van der Waals surface area contributed by atoms with E-state index in [-0.39, 0.29) is 10.6 Å². The number of nitro benzene ring substituents is 1. The Kier molecular flexibility index (Phi) is 5.06. The van der Waals surface area contributed by atoms with Gasteiger partial charge in [0.1, 0.15) is 0 Å². The second-order valence-electron chi connectivity index (χ2n) is 4.27. The second-order valence-corrected chi connectivity index (χ2v) is 5.05. The highest BCUT2D eigenvalue weighted by atomic mass is 32.1. The average Bonchev–Trinajstić information content (AvgIpc) is 2.92. The lowest BCUT2D eigenvalue weighted by atomic mass is 10.1. The van der Waals surface area contributed by atoms with Gasteiger partial charge in [0.2, 0.25) is 0 Å². The number of benzene rings is 1. The molecule has 100 valence electrons. The maximum Gasteiger partial charge on any atom is 0.272 e. The van der Waals surface area contributed by atoms with Crippen molar-refractivity contribution < 1.29 is 4.92 Å².